The molecule has 0 bridgehead atoms. The number of imidazole rings is 1. The van der Waals surface area contributed by atoms with Crippen LogP contribution in [0, 0.1) is 12.8 Å². The van der Waals surface area contributed by atoms with Crippen molar-refractivity contribution in [3.05, 3.63) is 65.9 Å². The fourth-order valence-corrected chi connectivity index (χ4v) is 5.07. The average Bonchev–Trinajstić information content (AvgIpc) is 3.54. The molecular formula is C23H24N6O4S. The first-order valence-corrected chi connectivity index (χ1v) is 12.7. The second kappa shape index (κ2) is 8.65. The van der Waals surface area contributed by atoms with E-state index < -0.39 is 10.0 Å². The largest absolute Gasteiger partial charge is 0.339 e. The molecule has 1 amide bonds. The van der Waals surface area contributed by atoms with Gasteiger partial charge >= 0.3 is 0 Å². The summed E-state index contributed by atoms with van der Waals surface area (Å²) in [5.41, 5.74) is 3.36. The number of sulfonamides is 1. The second-order valence-corrected chi connectivity index (χ2v) is 10.5. The van der Waals surface area contributed by atoms with E-state index in [-0.39, 0.29) is 11.8 Å². The minimum absolute atomic E-state index is 0.140. The average molecular weight is 481 g/mol. The summed E-state index contributed by atoms with van der Waals surface area (Å²) in [4.78, 5) is 21.7. The normalized spacial score (nSPS) is 16.8. The van der Waals surface area contributed by atoms with E-state index >= 15 is 0 Å². The zero-order valence-corrected chi connectivity index (χ0v) is 19.6. The zero-order chi connectivity index (χ0) is 23.9. The Morgan fingerprint density at radius 2 is 2.12 bits per heavy atom. The van der Waals surface area contributed by atoms with Gasteiger partial charge in [0, 0.05) is 37.0 Å². The lowest BCUT2D eigenvalue weighted by atomic mass is 10.1. The summed E-state index contributed by atoms with van der Waals surface area (Å²) >= 11 is 0. The monoisotopic (exact) mass is 480 g/mol. The van der Waals surface area contributed by atoms with E-state index in [1.165, 1.54) is 10.6 Å². The Kier molecular flexibility index (Phi) is 5.66. The molecule has 1 fully saturated rings. The number of pyridine rings is 1. The molecule has 1 aliphatic rings. The van der Waals surface area contributed by atoms with Gasteiger partial charge in [0.25, 0.3) is 5.91 Å². The van der Waals surface area contributed by atoms with E-state index in [0.29, 0.717) is 53.8 Å². The molecule has 1 atom stereocenters. The van der Waals surface area contributed by atoms with Crippen molar-refractivity contribution in [1.82, 2.24) is 23.8 Å². The van der Waals surface area contributed by atoms with Crippen LogP contribution < -0.4 is 5.32 Å². The lowest BCUT2D eigenvalue weighted by molar-refractivity contribution is 0.102. The van der Waals surface area contributed by atoms with Gasteiger partial charge in [-0.05, 0) is 43.0 Å². The van der Waals surface area contributed by atoms with Gasteiger partial charge < -0.3 is 9.84 Å². The van der Waals surface area contributed by atoms with Crippen LogP contribution in [-0.4, -0.2) is 57.5 Å². The summed E-state index contributed by atoms with van der Waals surface area (Å²) in [7, 11) is -3.19. The standard InChI is InChI=1S/C23H24N6O4S/c1-15-6-7-17(12-18(15)25-23(30)19-13-24-20-5-3-4-9-29(19)20)22-26-21(33-27-22)11-16-8-10-28(14-16)34(2,31)32/h3-7,9,12-13,16H,8,10-11,14H2,1-2H3,(H,25,30). The fourth-order valence-electron chi connectivity index (χ4n) is 4.15. The third-order valence-corrected chi connectivity index (χ3v) is 7.31. The molecule has 3 aromatic heterocycles. The molecule has 1 N–H and O–H groups in total. The van der Waals surface area contributed by atoms with Crippen molar-refractivity contribution in [2.24, 2.45) is 5.92 Å². The van der Waals surface area contributed by atoms with E-state index in [9.17, 15) is 13.2 Å². The number of hydrogen-bond acceptors (Lipinski definition) is 7. The quantitative estimate of drug-likeness (QED) is 0.450. The van der Waals surface area contributed by atoms with Gasteiger partial charge in [0.05, 0.1) is 12.5 Å². The van der Waals surface area contributed by atoms with E-state index in [4.69, 9.17) is 4.52 Å². The lowest BCUT2D eigenvalue weighted by Gasteiger charge is -2.12. The highest BCUT2D eigenvalue weighted by Crippen LogP contribution is 2.26. The van der Waals surface area contributed by atoms with Crippen LogP contribution in [-0.2, 0) is 16.4 Å². The maximum Gasteiger partial charge on any atom is 0.274 e. The fraction of sp³-hybridized carbons (Fsp3) is 0.304. The molecule has 0 aliphatic carbocycles. The summed E-state index contributed by atoms with van der Waals surface area (Å²) in [5.74, 6) is 0.747. The highest BCUT2D eigenvalue weighted by molar-refractivity contribution is 7.88. The van der Waals surface area contributed by atoms with Gasteiger partial charge in [-0.1, -0.05) is 23.4 Å². The van der Waals surface area contributed by atoms with Gasteiger partial charge in [0.2, 0.25) is 21.7 Å². The molecule has 0 spiro atoms. The minimum atomic E-state index is -3.19. The van der Waals surface area contributed by atoms with E-state index in [2.05, 4.69) is 20.4 Å². The minimum Gasteiger partial charge on any atom is -0.339 e. The molecular weight excluding hydrogens is 456 g/mol. The molecule has 11 heteroatoms. The number of carbonyl (C=O) groups excluding carboxylic acids is 1. The first-order valence-electron chi connectivity index (χ1n) is 10.9. The Hall–Kier alpha value is -3.57. The number of anilines is 1. The predicted molar refractivity (Wildman–Crippen MR) is 126 cm³/mol. The van der Waals surface area contributed by atoms with Crippen LogP contribution >= 0.6 is 0 Å². The number of amides is 1. The molecule has 176 valence electrons. The van der Waals surface area contributed by atoms with Gasteiger partial charge in [-0.25, -0.2) is 17.7 Å². The Bertz CT molecular complexity index is 1480. The van der Waals surface area contributed by atoms with Gasteiger partial charge in [-0.3, -0.25) is 9.20 Å². The second-order valence-electron chi connectivity index (χ2n) is 8.55. The first-order chi connectivity index (χ1) is 16.3. The molecule has 4 heterocycles. The zero-order valence-electron chi connectivity index (χ0n) is 18.8. The molecule has 0 saturated carbocycles. The van der Waals surface area contributed by atoms with Crippen LogP contribution in [0.5, 0.6) is 0 Å². The Balaban J connectivity index is 1.31. The number of benzene rings is 1. The van der Waals surface area contributed by atoms with Crippen LogP contribution in [0.1, 0.15) is 28.4 Å². The van der Waals surface area contributed by atoms with E-state index in [0.717, 1.165) is 12.0 Å². The summed E-state index contributed by atoms with van der Waals surface area (Å²) in [6, 6.07) is 11.1. The number of aromatic nitrogens is 4. The number of nitrogens with one attached hydrogen (secondary N) is 1. The van der Waals surface area contributed by atoms with E-state index in [1.807, 2.05) is 43.3 Å². The molecule has 1 unspecified atom stereocenters. The summed E-state index contributed by atoms with van der Waals surface area (Å²) in [6.07, 6.45) is 5.84. The van der Waals surface area contributed by atoms with Crippen LogP contribution in [0.15, 0.2) is 53.3 Å². The van der Waals surface area contributed by atoms with E-state index in [1.54, 1.807) is 16.8 Å². The number of fused-ring (bicyclic) bond motifs is 1. The molecule has 1 saturated heterocycles. The molecule has 10 nitrogen and oxygen atoms in total. The van der Waals surface area contributed by atoms with Gasteiger partial charge in [0.1, 0.15) is 11.3 Å². The summed E-state index contributed by atoms with van der Waals surface area (Å²) < 4.78 is 32.1. The smallest absolute Gasteiger partial charge is 0.274 e. The highest BCUT2D eigenvalue weighted by atomic mass is 32.2. The number of aryl methyl sites for hydroxylation is 1. The maximum atomic E-state index is 12.9. The van der Waals surface area contributed by atoms with Gasteiger partial charge in [-0.15, -0.1) is 0 Å². The first kappa shape index (κ1) is 22.2. The molecule has 4 aromatic rings. The SMILES string of the molecule is Cc1ccc(-c2noc(CC3CCN(S(C)(=O)=O)C3)n2)cc1NC(=O)c1cnc2ccccn12. The topological polar surface area (TPSA) is 123 Å². The molecule has 34 heavy (non-hydrogen) atoms. The van der Waals surface area contributed by atoms with Crippen LogP contribution in [0.2, 0.25) is 0 Å². The van der Waals surface area contributed by atoms with Crippen molar-refractivity contribution in [3.63, 3.8) is 0 Å². The lowest BCUT2D eigenvalue weighted by Crippen LogP contribution is -2.27. The van der Waals surface area contributed by atoms with Crippen molar-refractivity contribution in [3.8, 4) is 11.4 Å². The van der Waals surface area contributed by atoms with Crippen molar-refractivity contribution >= 4 is 27.3 Å². The van der Waals surface area contributed by atoms with Gasteiger partial charge in [-0.2, -0.15) is 4.98 Å². The van der Waals surface area contributed by atoms with Crippen molar-refractivity contribution in [1.29, 1.82) is 0 Å². The van der Waals surface area contributed by atoms with Crippen LogP contribution in [0.25, 0.3) is 17.0 Å². The molecule has 5 rings (SSSR count). The predicted octanol–water partition coefficient (Wildman–Crippen LogP) is 2.77. The molecule has 1 aromatic carbocycles. The molecule has 0 radical (unpaired) electrons. The Morgan fingerprint density at radius 3 is 2.91 bits per heavy atom. The van der Waals surface area contributed by atoms with Crippen LogP contribution in [0.4, 0.5) is 5.69 Å². The number of nitrogens with zero attached hydrogens (tertiary/aromatic N) is 5. The Morgan fingerprint density at radius 1 is 1.26 bits per heavy atom. The van der Waals surface area contributed by atoms with Crippen molar-refractivity contribution in [2.45, 2.75) is 19.8 Å². The third-order valence-electron chi connectivity index (χ3n) is 6.04. The third kappa shape index (κ3) is 4.44. The summed E-state index contributed by atoms with van der Waals surface area (Å²) in [6.45, 7) is 2.88. The maximum absolute atomic E-state index is 12.9. The van der Waals surface area contributed by atoms with Crippen molar-refractivity contribution < 1.29 is 17.7 Å². The van der Waals surface area contributed by atoms with Gasteiger partial charge in [0.15, 0.2) is 0 Å². The number of hydrogen-bond donors (Lipinski definition) is 1. The Labute approximate surface area is 196 Å². The van der Waals surface area contributed by atoms with Crippen molar-refractivity contribution in [2.75, 3.05) is 24.7 Å². The molecule has 1 aliphatic heterocycles. The highest BCUT2D eigenvalue weighted by Gasteiger charge is 2.30. The number of rotatable bonds is 6. The summed E-state index contributed by atoms with van der Waals surface area (Å²) in [5, 5.41) is 7.04. The number of carbonyl (C=O) groups is 1. The van der Waals surface area contributed by atoms with Crippen LogP contribution in [0.3, 0.4) is 0 Å².